The van der Waals surface area contributed by atoms with Crippen molar-refractivity contribution in [3.05, 3.63) is 105 Å². The number of halogens is 5. The fourth-order valence-electron chi connectivity index (χ4n) is 2.86. The van der Waals surface area contributed by atoms with Crippen molar-refractivity contribution in [3.8, 4) is 23.7 Å². The second-order valence-electron chi connectivity index (χ2n) is 6.94. The molecule has 156 valence electrons. The van der Waals surface area contributed by atoms with Crippen molar-refractivity contribution in [3.63, 3.8) is 0 Å². The first-order chi connectivity index (χ1) is 14.8. The Morgan fingerprint density at radius 3 is 1.81 bits per heavy atom. The number of hydrogen-bond donors (Lipinski definition) is 0. The van der Waals surface area contributed by atoms with Crippen LogP contribution in [0.1, 0.15) is 46.7 Å². The third-order valence-corrected chi connectivity index (χ3v) is 4.56. The van der Waals surface area contributed by atoms with Crippen LogP contribution in [0.4, 0.5) is 22.0 Å². The molecular weight excluding hydrogens is 407 g/mol. The van der Waals surface area contributed by atoms with Crippen LogP contribution in [-0.4, -0.2) is 0 Å². The average molecular weight is 424 g/mol. The van der Waals surface area contributed by atoms with Crippen LogP contribution in [0.15, 0.2) is 42.5 Å². The van der Waals surface area contributed by atoms with E-state index in [2.05, 4.69) is 23.7 Å². The second-order valence-corrected chi connectivity index (χ2v) is 6.94. The topological polar surface area (TPSA) is 0 Å². The fraction of sp³-hybridized carbons (Fsp3) is 0.154. The van der Waals surface area contributed by atoms with Crippen LogP contribution in [0.3, 0.4) is 0 Å². The molecule has 0 radical (unpaired) electrons. The highest BCUT2D eigenvalue weighted by Gasteiger charge is 2.09. The number of aryl methyl sites for hydroxylation is 1. The number of rotatable bonds is 2. The van der Waals surface area contributed by atoms with Gasteiger partial charge in [0.05, 0.1) is 11.1 Å². The van der Waals surface area contributed by atoms with Crippen molar-refractivity contribution >= 4 is 0 Å². The van der Waals surface area contributed by atoms with Crippen LogP contribution in [0.25, 0.3) is 0 Å². The SMILES string of the molecule is CCCc1cc(F)c(C#Cc2ccc(C#Cc3cc(F)c(C)c(F)c3)c(F)c2)c(F)c1. The Morgan fingerprint density at radius 1 is 0.645 bits per heavy atom. The predicted octanol–water partition coefficient (Wildman–Crippen LogP) is 6.44. The zero-order valence-corrected chi connectivity index (χ0v) is 16.8. The van der Waals surface area contributed by atoms with E-state index in [-0.39, 0.29) is 27.8 Å². The lowest BCUT2D eigenvalue weighted by Gasteiger charge is -2.02. The van der Waals surface area contributed by atoms with E-state index in [1.807, 2.05) is 6.92 Å². The molecule has 0 aromatic heterocycles. The zero-order chi connectivity index (χ0) is 22.5. The van der Waals surface area contributed by atoms with E-state index < -0.39 is 29.1 Å². The summed E-state index contributed by atoms with van der Waals surface area (Å²) < 4.78 is 69.8. The van der Waals surface area contributed by atoms with E-state index in [0.717, 1.165) is 24.6 Å². The van der Waals surface area contributed by atoms with Gasteiger partial charge in [0.25, 0.3) is 0 Å². The van der Waals surface area contributed by atoms with E-state index >= 15 is 0 Å². The summed E-state index contributed by atoms with van der Waals surface area (Å²) in [5, 5.41) is 0. The van der Waals surface area contributed by atoms with Crippen LogP contribution < -0.4 is 0 Å². The van der Waals surface area contributed by atoms with Gasteiger partial charge < -0.3 is 0 Å². The minimum Gasteiger partial charge on any atom is -0.207 e. The first-order valence-corrected chi connectivity index (χ1v) is 9.55. The Kier molecular flexibility index (Phi) is 6.78. The number of hydrogen-bond acceptors (Lipinski definition) is 0. The average Bonchev–Trinajstić information content (AvgIpc) is 2.71. The summed E-state index contributed by atoms with van der Waals surface area (Å²) in [6, 6.07) is 8.48. The molecule has 0 spiro atoms. The van der Waals surface area contributed by atoms with Gasteiger partial charge >= 0.3 is 0 Å². The third-order valence-electron chi connectivity index (χ3n) is 4.56. The van der Waals surface area contributed by atoms with Crippen molar-refractivity contribution in [1.29, 1.82) is 0 Å². The molecule has 5 heteroatoms. The Balaban J connectivity index is 1.86. The van der Waals surface area contributed by atoms with Crippen molar-refractivity contribution in [1.82, 2.24) is 0 Å². The molecule has 3 aromatic carbocycles. The molecule has 0 atom stereocenters. The highest BCUT2D eigenvalue weighted by molar-refractivity contribution is 5.49. The van der Waals surface area contributed by atoms with Gasteiger partial charge in [-0.25, -0.2) is 22.0 Å². The molecule has 0 fully saturated rings. The molecule has 3 rings (SSSR count). The normalized spacial score (nSPS) is 10.2. The summed E-state index contributed by atoms with van der Waals surface area (Å²) in [6.45, 7) is 3.21. The largest absolute Gasteiger partial charge is 0.207 e. The summed E-state index contributed by atoms with van der Waals surface area (Å²) in [5.74, 6) is 6.24. The maximum Gasteiger partial charge on any atom is 0.142 e. The Morgan fingerprint density at radius 2 is 1.23 bits per heavy atom. The molecule has 0 aliphatic heterocycles. The van der Waals surface area contributed by atoms with Gasteiger partial charge in [0.1, 0.15) is 29.1 Å². The van der Waals surface area contributed by atoms with E-state index in [0.29, 0.717) is 12.0 Å². The van der Waals surface area contributed by atoms with Gasteiger partial charge in [-0.1, -0.05) is 37.0 Å². The minimum absolute atomic E-state index is 0.00628. The Labute approximate surface area is 177 Å². The standard InChI is InChI=1S/C26H17F5/c1-3-4-18-14-25(30)21(26(31)15-18)10-7-17-5-8-20(24(29)11-17)9-6-19-12-22(27)16(2)23(28)13-19/h5,8,11-15H,3-4H2,1-2H3. The van der Waals surface area contributed by atoms with Crippen LogP contribution >= 0.6 is 0 Å². The molecule has 0 unspecified atom stereocenters. The van der Waals surface area contributed by atoms with E-state index in [1.165, 1.54) is 31.2 Å². The lowest BCUT2D eigenvalue weighted by molar-refractivity contribution is 0.567. The molecule has 0 bridgehead atoms. The molecule has 0 saturated carbocycles. The van der Waals surface area contributed by atoms with Crippen molar-refractivity contribution < 1.29 is 22.0 Å². The van der Waals surface area contributed by atoms with Crippen LogP contribution in [-0.2, 0) is 6.42 Å². The molecule has 0 nitrogen and oxygen atoms in total. The molecule has 31 heavy (non-hydrogen) atoms. The Hall–Kier alpha value is -3.57. The van der Waals surface area contributed by atoms with Gasteiger partial charge in [0, 0.05) is 16.7 Å². The smallest absolute Gasteiger partial charge is 0.142 e. The van der Waals surface area contributed by atoms with Crippen LogP contribution in [0.5, 0.6) is 0 Å². The Bertz CT molecular complexity index is 1220. The second kappa shape index (κ2) is 9.49. The maximum absolute atomic E-state index is 14.3. The van der Waals surface area contributed by atoms with Crippen LogP contribution in [0.2, 0.25) is 0 Å². The van der Waals surface area contributed by atoms with Gasteiger partial charge in [-0.15, -0.1) is 0 Å². The fourth-order valence-corrected chi connectivity index (χ4v) is 2.86. The van der Waals surface area contributed by atoms with Gasteiger partial charge in [0.2, 0.25) is 0 Å². The zero-order valence-electron chi connectivity index (χ0n) is 16.8. The van der Waals surface area contributed by atoms with Crippen molar-refractivity contribution in [2.45, 2.75) is 26.7 Å². The molecular formula is C26H17F5. The summed E-state index contributed by atoms with van der Waals surface area (Å²) in [6.07, 6.45) is 1.31. The summed E-state index contributed by atoms with van der Waals surface area (Å²) in [7, 11) is 0. The van der Waals surface area contributed by atoms with Gasteiger partial charge in [-0.3, -0.25) is 0 Å². The van der Waals surface area contributed by atoms with Crippen molar-refractivity contribution in [2.75, 3.05) is 0 Å². The predicted molar refractivity (Wildman–Crippen MR) is 110 cm³/mol. The lowest BCUT2D eigenvalue weighted by Crippen LogP contribution is -1.95. The summed E-state index contributed by atoms with van der Waals surface area (Å²) in [5.41, 5.74) is 0.312. The highest BCUT2D eigenvalue weighted by atomic mass is 19.1. The third kappa shape index (κ3) is 5.32. The molecule has 3 aromatic rings. The molecule has 0 aliphatic carbocycles. The van der Waals surface area contributed by atoms with Gasteiger partial charge in [-0.2, -0.15) is 0 Å². The minimum atomic E-state index is -0.767. The molecule has 0 heterocycles. The van der Waals surface area contributed by atoms with Crippen molar-refractivity contribution in [2.24, 2.45) is 0 Å². The monoisotopic (exact) mass is 424 g/mol. The molecule has 0 aliphatic rings. The van der Waals surface area contributed by atoms with E-state index in [4.69, 9.17) is 0 Å². The molecule has 0 N–H and O–H groups in total. The van der Waals surface area contributed by atoms with Crippen LogP contribution in [0, 0.1) is 59.7 Å². The first-order valence-electron chi connectivity index (χ1n) is 9.55. The van der Waals surface area contributed by atoms with Gasteiger partial charge in [-0.05, 0) is 61.4 Å². The number of benzene rings is 3. The quantitative estimate of drug-likeness (QED) is 0.328. The molecule has 0 amide bonds. The van der Waals surface area contributed by atoms with Gasteiger partial charge in [0.15, 0.2) is 0 Å². The maximum atomic E-state index is 14.3. The summed E-state index contributed by atoms with van der Waals surface area (Å²) >= 11 is 0. The molecule has 0 saturated heterocycles. The first kappa shape index (κ1) is 22.1. The van der Waals surface area contributed by atoms with E-state index in [9.17, 15) is 22.0 Å². The highest BCUT2D eigenvalue weighted by Crippen LogP contribution is 2.17. The summed E-state index contributed by atoms with van der Waals surface area (Å²) in [4.78, 5) is 0. The lowest BCUT2D eigenvalue weighted by atomic mass is 10.1. The van der Waals surface area contributed by atoms with E-state index in [1.54, 1.807) is 0 Å².